The average molecular weight is 400 g/mol. The van der Waals surface area contributed by atoms with Crippen molar-refractivity contribution >= 4 is 34.1 Å². The Hall–Kier alpha value is -3.40. The molecule has 0 unspecified atom stereocenters. The Morgan fingerprint density at radius 3 is 2.68 bits per heavy atom. The van der Waals surface area contributed by atoms with Crippen LogP contribution in [0.5, 0.6) is 0 Å². The van der Waals surface area contributed by atoms with Crippen molar-refractivity contribution in [2.45, 2.75) is 6.42 Å². The fourth-order valence-electron chi connectivity index (χ4n) is 2.27. The smallest absolute Gasteiger partial charge is 0.259 e. The van der Waals surface area contributed by atoms with Gasteiger partial charge in [0.25, 0.3) is 11.8 Å². The molecule has 0 fully saturated rings. The van der Waals surface area contributed by atoms with Crippen molar-refractivity contribution in [1.82, 2.24) is 20.5 Å². The molecule has 10 heteroatoms. The van der Waals surface area contributed by atoms with Gasteiger partial charge in [-0.3, -0.25) is 14.9 Å². The molecular weight excluding hydrogens is 383 g/mol. The van der Waals surface area contributed by atoms with Crippen molar-refractivity contribution in [3.63, 3.8) is 0 Å². The van der Waals surface area contributed by atoms with Crippen molar-refractivity contribution in [2.75, 3.05) is 23.7 Å². The molecule has 2 aromatic heterocycles. The summed E-state index contributed by atoms with van der Waals surface area (Å²) in [6, 6.07) is 8.88. The van der Waals surface area contributed by atoms with Crippen molar-refractivity contribution in [2.24, 2.45) is 0 Å². The normalized spacial score (nSPS) is 10.3. The number of carbonyl (C=O) groups excluding carboxylic acids is 2. The molecule has 3 N–H and O–H groups in total. The highest BCUT2D eigenvalue weighted by Gasteiger charge is 2.09. The summed E-state index contributed by atoms with van der Waals surface area (Å²) in [4.78, 5) is 28.1. The summed E-state index contributed by atoms with van der Waals surface area (Å²) >= 11 is 1.23. The lowest BCUT2D eigenvalue weighted by molar-refractivity contribution is 0.0952. The van der Waals surface area contributed by atoms with Gasteiger partial charge in [0.05, 0.1) is 5.56 Å². The maximum Gasteiger partial charge on any atom is 0.259 e. The van der Waals surface area contributed by atoms with Crippen LogP contribution in [0.1, 0.15) is 27.1 Å². The SMILES string of the molecule is O=C(NCCCNc1ccc(C(=O)Nc2nncs2)cn1)c1cccc(F)c1. The number of hydrogen-bond acceptors (Lipinski definition) is 7. The van der Waals surface area contributed by atoms with Gasteiger partial charge in [-0.1, -0.05) is 17.4 Å². The Balaban J connectivity index is 1.38. The lowest BCUT2D eigenvalue weighted by atomic mass is 10.2. The van der Waals surface area contributed by atoms with Gasteiger partial charge < -0.3 is 10.6 Å². The molecule has 8 nitrogen and oxygen atoms in total. The third-order valence-corrected chi connectivity index (χ3v) is 4.24. The van der Waals surface area contributed by atoms with E-state index in [9.17, 15) is 14.0 Å². The van der Waals surface area contributed by atoms with Crippen LogP contribution in [0, 0.1) is 5.82 Å². The number of hydrogen-bond donors (Lipinski definition) is 3. The van der Waals surface area contributed by atoms with Gasteiger partial charge in [0.2, 0.25) is 5.13 Å². The summed E-state index contributed by atoms with van der Waals surface area (Å²) in [7, 11) is 0. The molecule has 144 valence electrons. The Bertz CT molecular complexity index is 934. The number of nitrogens with one attached hydrogen (secondary N) is 3. The minimum atomic E-state index is -0.444. The summed E-state index contributed by atoms with van der Waals surface area (Å²) in [5.41, 5.74) is 2.22. The molecule has 0 aliphatic carbocycles. The van der Waals surface area contributed by atoms with Crippen molar-refractivity contribution in [3.8, 4) is 0 Å². The van der Waals surface area contributed by atoms with Crippen LogP contribution in [-0.2, 0) is 0 Å². The number of aromatic nitrogens is 3. The Morgan fingerprint density at radius 1 is 1.07 bits per heavy atom. The van der Waals surface area contributed by atoms with Crippen molar-refractivity contribution < 1.29 is 14.0 Å². The van der Waals surface area contributed by atoms with Crippen LogP contribution in [0.3, 0.4) is 0 Å². The summed E-state index contributed by atoms with van der Waals surface area (Å²) < 4.78 is 13.1. The first kappa shape index (κ1) is 19.4. The number of carbonyl (C=O) groups is 2. The van der Waals surface area contributed by atoms with E-state index in [-0.39, 0.29) is 17.4 Å². The minimum Gasteiger partial charge on any atom is -0.370 e. The van der Waals surface area contributed by atoms with Crippen molar-refractivity contribution in [1.29, 1.82) is 0 Å². The van der Waals surface area contributed by atoms with Crippen LogP contribution in [0.4, 0.5) is 15.3 Å². The molecule has 0 radical (unpaired) electrons. The molecule has 0 saturated heterocycles. The highest BCUT2D eigenvalue weighted by Crippen LogP contribution is 2.11. The molecule has 0 spiro atoms. The fraction of sp³-hybridized carbons (Fsp3) is 0.167. The molecule has 0 aliphatic rings. The minimum absolute atomic E-state index is 0.289. The molecule has 2 heterocycles. The number of anilines is 2. The first-order valence-electron chi connectivity index (χ1n) is 8.43. The molecule has 0 saturated carbocycles. The predicted molar refractivity (Wildman–Crippen MR) is 104 cm³/mol. The van der Waals surface area contributed by atoms with Gasteiger partial charge in [-0.15, -0.1) is 10.2 Å². The molecule has 2 amide bonds. The van der Waals surface area contributed by atoms with Crippen LogP contribution in [0.25, 0.3) is 0 Å². The first-order chi connectivity index (χ1) is 13.6. The summed E-state index contributed by atoms with van der Waals surface area (Å²) in [6.07, 6.45) is 2.12. The van der Waals surface area contributed by atoms with Gasteiger partial charge in [0.15, 0.2) is 0 Å². The van der Waals surface area contributed by atoms with Gasteiger partial charge in [-0.2, -0.15) is 0 Å². The number of halogens is 1. The van der Waals surface area contributed by atoms with Crippen molar-refractivity contribution in [3.05, 3.63) is 65.0 Å². The van der Waals surface area contributed by atoms with E-state index in [2.05, 4.69) is 31.1 Å². The highest BCUT2D eigenvalue weighted by molar-refractivity contribution is 7.13. The summed E-state index contributed by atoms with van der Waals surface area (Å²) in [5, 5.41) is 16.3. The summed E-state index contributed by atoms with van der Waals surface area (Å²) in [6.45, 7) is 1.01. The molecular formula is C18H17FN6O2S. The van der Waals surface area contributed by atoms with E-state index in [1.54, 1.807) is 18.2 Å². The predicted octanol–water partition coefficient (Wildman–Crippen LogP) is 2.56. The lowest BCUT2D eigenvalue weighted by Crippen LogP contribution is -2.25. The van der Waals surface area contributed by atoms with E-state index in [0.29, 0.717) is 36.0 Å². The van der Waals surface area contributed by atoms with Gasteiger partial charge in [-0.25, -0.2) is 9.37 Å². The van der Waals surface area contributed by atoms with Gasteiger partial charge >= 0.3 is 0 Å². The molecule has 1 aromatic carbocycles. The highest BCUT2D eigenvalue weighted by atomic mass is 32.1. The monoisotopic (exact) mass is 400 g/mol. The molecule has 0 bridgehead atoms. The van der Waals surface area contributed by atoms with Crippen LogP contribution in [-0.4, -0.2) is 40.1 Å². The molecule has 3 aromatic rings. The van der Waals surface area contributed by atoms with Gasteiger partial charge in [0.1, 0.15) is 17.1 Å². The molecule has 28 heavy (non-hydrogen) atoms. The van der Waals surface area contributed by atoms with E-state index >= 15 is 0 Å². The van der Waals surface area contributed by atoms with Gasteiger partial charge in [-0.05, 0) is 36.8 Å². The van der Waals surface area contributed by atoms with E-state index in [0.717, 1.165) is 0 Å². The maximum absolute atomic E-state index is 13.1. The standard InChI is InChI=1S/C18H17FN6O2S/c19-14-4-1-3-12(9-14)16(26)21-8-2-7-20-15-6-5-13(10-22-15)17(27)24-18-25-23-11-28-18/h1,3-6,9-11H,2,7-8H2,(H,20,22)(H,21,26)(H,24,25,27). The average Bonchev–Trinajstić information content (AvgIpc) is 3.21. The van der Waals surface area contributed by atoms with E-state index < -0.39 is 5.82 Å². The van der Waals surface area contributed by atoms with Gasteiger partial charge in [0, 0.05) is 24.8 Å². The summed E-state index contributed by atoms with van der Waals surface area (Å²) in [5.74, 6) is -0.455. The fourth-order valence-corrected chi connectivity index (χ4v) is 2.71. The number of nitrogens with zero attached hydrogens (tertiary/aromatic N) is 3. The van der Waals surface area contributed by atoms with Crippen LogP contribution in [0.2, 0.25) is 0 Å². The third kappa shape index (κ3) is 5.55. The second kappa shape index (κ2) is 9.51. The number of benzene rings is 1. The second-order valence-electron chi connectivity index (χ2n) is 5.68. The molecule has 3 rings (SSSR count). The number of pyridine rings is 1. The first-order valence-corrected chi connectivity index (χ1v) is 9.31. The zero-order valence-corrected chi connectivity index (χ0v) is 15.5. The van der Waals surface area contributed by atoms with Crippen LogP contribution >= 0.6 is 11.3 Å². The lowest BCUT2D eigenvalue weighted by Gasteiger charge is -2.08. The molecule has 0 atom stereocenters. The van der Waals surface area contributed by atoms with E-state index in [4.69, 9.17) is 0 Å². The van der Waals surface area contributed by atoms with Crippen LogP contribution in [0.15, 0.2) is 48.1 Å². The second-order valence-corrected chi connectivity index (χ2v) is 6.51. The Labute approximate surface area is 164 Å². The largest absolute Gasteiger partial charge is 0.370 e. The van der Waals surface area contributed by atoms with E-state index in [1.807, 2.05) is 0 Å². The number of rotatable bonds is 8. The Morgan fingerprint density at radius 2 is 1.96 bits per heavy atom. The zero-order chi connectivity index (χ0) is 19.8. The Kier molecular flexibility index (Phi) is 6.58. The quantitative estimate of drug-likeness (QED) is 0.502. The third-order valence-electron chi connectivity index (χ3n) is 3.64. The van der Waals surface area contributed by atoms with E-state index in [1.165, 1.54) is 41.2 Å². The van der Waals surface area contributed by atoms with Crippen LogP contribution < -0.4 is 16.0 Å². The number of amides is 2. The topological polar surface area (TPSA) is 109 Å². The zero-order valence-electron chi connectivity index (χ0n) is 14.7. The molecule has 0 aliphatic heterocycles. The maximum atomic E-state index is 13.1.